The summed E-state index contributed by atoms with van der Waals surface area (Å²) in [6.07, 6.45) is 0.792. The minimum atomic E-state index is -0.580. The lowest BCUT2D eigenvalue weighted by atomic mass is 10.1. The van der Waals surface area contributed by atoms with Crippen LogP contribution in [0.2, 0.25) is 0 Å². The zero-order valence-corrected chi connectivity index (χ0v) is 11.2. The number of β-amino-alcohol motifs (C(OH)–C–C–N with tert-alkyl or cyclic N) is 1. The lowest BCUT2D eigenvalue weighted by Gasteiger charge is -2.37. The molecule has 0 aromatic heterocycles. The van der Waals surface area contributed by atoms with Gasteiger partial charge in [-0.1, -0.05) is 0 Å². The summed E-state index contributed by atoms with van der Waals surface area (Å²) in [6, 6.07) is 5.22. The minimum absolute atomic E-state index is 0.0205. The van der Waals surface area contributed by atoms with Crippen molar-refractivity contribution in [3.63, 3.8) is 0 Å². The number of rotatable bonds is 3. The van der Waals surface area contributed by atoms with Gasteiger partial charge in [0.05, 0.1) is 17.0 Å². The van der Waals surface area contributed by atoms with Crippen LogP contribution in [0.15, 0.2) is 23.1 Å². The highest BCUT2D eigenvalue weighted by Gasteiger charge is 2.39. The largest absolute Gasteiger partial charge is 0.395 e. The number of aldehydes is 1. The van der Waals surface area contributed by atoms with Gasteiger partial charge in [-0.3, -0.25) is 9.59 Å². The highest BCUT2D eigenvalue weighted by atomic mass is 32.2. The molecule has 1 aliphatic heterocycles. The fourth-order valence-corrected chi connectivity index (χ4v) is 3.21. The van der Waals surface area contributed by atoms with Gasteiger partial charge < -0.3 is 10.0 Å². The lowest BCUT2D eigenvalue weighted by Crippen LogP contribution is -2.47. The first-order valence-electron chi connectivity index (χ1n) is 5.70. The molecule has 1 amide bonds. The van der Waals surface area contributed by atoms with Crippen LogP contribution < -0.4 is 4.90 Å². The first-order chi connectivity index (χ1) is 8.49. The zero-order chi connectivity index (χ0) is 13.3. The monoisotopic (exact) mass is 265 g/mol. The van der Waals surface area contributed by atoms with E-state index in [2.05, 4.69) is 0 Å². The van der Waals surface area contributed by atoms with Crippen molar-refractivity contribution in [2.75, 3.05) is 18.1 Å². The molecule has 0 fully saturated rings. The minimum Gasteiger partial charge on any atom is -0.395 e. The van der Waals surface area contributed by atoms with Crippen LogP contribution in [-0.2, 0) is 4.79 Å². The topological polar surface area (TPSA) is 57.6 Å². The lowest BCUT2D eigenvalue weighted by molar-refractivity contribution is -0.120. The van der Waals surface area contributed by atoms with Gasteiger partial charge in [-0.2, -0.15) is 0 Å². The third kappa shape index (κ3) is 2.15. The fraction of sp³-hybridized carbons (Fsp3) is 0.385. The molecule has 1 aromatic carbocycles. The SMILES string of the molecule is CC1(C)Sc2cc(C=O)ccc2N(CCO)C1=O. The van der Waals surface area contributed by atoms with Crippen molar-refractivity contribution < 1.29 is 14.7 Å². The molecule has 0 bridgehead atoms. The van der Waals surface area contributed by atoms with E-state index in [-0.39, 0.29) is 19.1 Å². The molecule has 1 N–H and O–H groups in total. The predicted molar refractivity (Wildman–Crippen MR) is 71.2 cm³/mol. The first kappa shape index (κ1) is 13.1. The molecular formula is C13H15NO3S. The summed E-state index contributed by atoms with van der Waals surface area (Å²) in [5.74, 6) is -0.0205. The molecule has 0 saturated carbocycles. The number of aliphatic hydroxyl groups excluding tert-OH is 1. The van der Waals surface area contributed by atoms with Gasteiger partial charge in [0.1, 0.15) is 6.29 Å². The summed E-state index contributed by atoms with van der Waals surface area (Å²) < 4.78 is -0.580. The Morgan fingerprint density at radius 1 is 1.44 bits per heavy atom. The Bertz CT molecular complexity index is 499. The Labute approximate surface area is 110 Å². The number of carbonyl (C=O) groups excluding carboxylic acids is 2. The molecular weight excluding hydrogens is 250 g/mol. The van der Waals surface area contributed by atoms with Crippen molar-refractivity contribution in [2.24, 2.45) is 0 Å². The summed E-state index contributed by atoms with van der Waals surface area (Å²) in [4.78, 5) is 25.6. The van der Waals surface area contributed by atoms with E-state index < -0.39 is 4.75 Å². The Balaban J connectivity index is 2.51. The standard InChI is InChI=1S/C13H15NO3S/c1-13(2)12(17)14(5-6-15)10-4-3-9(8-16)7-11(10)18-13/h3-4,7-8,15H,5-6H2,1-2H3. The first-order valence-corrected chi connectivity index (χ1v) is 6.52. The summed E-state index contributed by atoms with van der Waals surface area (Å²) in [7, 11) is 0. The molecule has 1 aliphatic rings. The molecule has 0 unspecified atom stereocenters. The molecule has 2 rings (SSSR count). The Morgan fingerprint density at radius 3 is 2.78 bits per heavy atom. The van der Waals surface area contributed by atoms with Gasteiger partial charge in [0, 0.05) is 17.0 Å². The average molecular weight is 265 g/mol. The second-order valence-corrected chi connectivity index (χ2v) is 6.30. The molecule has 0 radical (unpaired) electrons. The highest BCUT2D eigenvalue weighted by Crippen LogP contribution is 2.45. The molecule has 4 nitrogen and oxygen atoms in total. The second-order valence-electron chi connectivity index (χ2n) is 4.64. The molecule has 0 aliphatic carbocycles. The average Bonchev–Trinajstić information content (AvgIpc) is 2.34. The van der Waals surface area contributed by atoms with E-state index in [1.165, 1.54) is 11.8 Å². The summed E-state index contributed by atoms with van der Waals surface area (Å²) >= 11 is 1.45. The maximum atomic E-state index is 12.3. The van der Waals surface area contributed by atoms with E-state index in [0.717, 1.165) is 16.9 Å². The maximum Gasteiger partial charge on any atom is 0.243 e. The molecule has 18 heavy (non-hydrogen) atoms. The van der Waals surface area contributed by atoms with Crippen molar-refractivity contribution in [1.29, 1.82) is 0 Å². The van der Waals surface area contributed by atoms with E-state index in [9.17, 15) is 9.59 Å². The van der Waals surface area contributed by atoms with Crippen molar-refractivity contribution in [2.45, 2.75) is 23.5 Å². The van der Waals surface area contributed by atoms with Gasteiger partial charge in [-0.05, 0) is 32.0 Å². The van der Waals surface area contributed by atoms with E-state index in [4.69, 9.17) is 5.11 Å². The second kappa shape index (κ2) is 4.74. The van der Waals surface area contributed by atoms with E-state index in [1.807, 2.05) is 13.8 Å². The molecule has 96 valence electrons. The van der Waals surface area contributed by atoms with E-state index in [1.54, 1.807) is 23.1 Å². The number of fused-ring (bicyclic) bond motifs is 1. The highest BCUT2D eigenvalue weighted by molar-refractivity contribution is 8.01. The summed E-state index contributed by atoms with van der Waals surface area (Å²) in [5.41, 5.74) is 1.36. The van der Waals surface area contributed by atoms with Crippen LogP contribution in [0.3, 0.4) is 0 Å². The van der Waals surface area contributed by atoms with Gasteiger partial charge in [0.15, 0.2) is 0 Å². The number of hydrogen-bond donors (Lipinski definition) is 1. The van der Waals surface area contributed by atoms with Crippen LogP contribution in [0.25, 0.3) is 0 Å². The van der Waals surface area contributed by atoms with E-state index in [0.29, 0.717) is 5.56 Å². The van der Waals surface area contributed by atoms with Gasteiger partial charge in [0.2, 0.25) is 5.91 Å². The third-order valence-electron chi connectivity index (χ3n) is 2.86. The Morgan fingerprint density at radius 2 is 2.17 bits per heavy atom. The molecule has 0 spiro atoms. The van der Waals surface area contributed by atoms with Gasteiger partial charge in [-0.15, -0.1) is 11.8 Å². The number of benzene rings is 1. The fourth-order valence-electron chi connectivity index (χ4n) is 1.98. The number of nitrogens with zero attached hydrogens (tertiary/aromatic N) is 1. The number of aliphatic hydroxyl groups is 1. The van der Waals surface area contributed by atoms with E-state index >= 15 is 0 Å². The number of amides is 1. The molecule has 1 aromatic rings. The van der Waals surface area contributed by atoms with Crippen molar-refractivity contribution in [3.05, 3.63) is 23.8 Å². The van der Waals surface area contributed by atoms with Crippen LogP contribution in [0.5, 0.6) is 0 Å². The summed E-state index contributed by atoms with van der Waals surface area (Å²) in [6.45, 7) is 3.89. The molecule has 0 atom stereocenters. The maximum absolute atomic E-state index is 12.3. The number of hydrogen-bond acceptors (Lipinski definition) is 4. The van der Waals surface area contributed by atoms with Crippen molar-refractivity contribution in [1.82, 2.24) is 0 Å². The molecule has 5 heteroatoms. The van der Waals surface area contributed by atoms with Crippen LogP contribution in [0.1, 0.15) is 24.2 Å². The van der Waals surface area contributed by atoms with Crippen molar-refractivity contribution >= 4 is 29.6 Å². The quantitative estimate of drug-likeness (QED) is 0.845. The number of anilines is 1. The third-order valence-corrected chi connectivity index (χ3v) is 4.09. The Kier molecular flexibility index (Phi) is 3.45. The predicted octanol–water partition coefficient (Wildman–Crippen LogP) is 1.71. The number of carbonyl (C=O) groups is 2. The zero-order valence-electron chi connectivity index (χ0n) is 10.3. The summed E-state index contributed by atoms with van der Waals surface area (Å²) in [5, 5.41) is 9.08. The van der Waals surface area contributed by atoms with Gasteiger partial charge >= 0.3 is 0 Å². The van der Waals surface area contributed by atoms with Crippen LogP contribution in [0.4, 0.5) is 5.69 Å². The van der Waals surface area contributed by atoms with Crippen LogP contribution in [-0.4, -0.2) is 35.2 Å². The van der Waals surface area contributed by atoms with Crippen LogP contribution in [0, 0.1) is 0 Å². The smallest absolute Gasteiger partial charge is 0.243 e. The van der Waals surface area contributed by atoms with Gasteiger partial charge in [0.25, 0.3) is 0 Å². The Hall–Kier alpha value is -1.33. The van der Waals surface area contributed by atoms with Crippen molar-refractivity contribution in [3.8, 4) is 0 Å². The number of thioether (sulfide) groups is 1. The normalized spacial score (nSPS) is 17.5. The van der Waals surface area contributed by atoms with Gasteiger partial charge in [-0.25, -0.2) is 0 Å². The molecule has 1 heterocycles. The molecule has 0 saturated heterocycles. The van der Waals surface area contributed by atoms with Crippen LogP contribution >= 0.6 is 11.8 Å².